The van der Waals surface area contributed by atoms with Crippen LogP contribution in [0.5, 0.6) is 5.75 Å². The molecule has 0 saturated heterocycles. The Morgan fingerprint density at radius 1 is 1.37 bits per heavy atom. The Morgan fingerprint density at radius 2 is 2.16 bits per heavy atom. The first-order chi connectivity index (χ1) is 9.17. The highest BCUT2D eigenvalue weighted by atomic mass is 79.9. The molecule has 0 radical (unpaired) electrons. The van der Waals surface area contributed by atoms with Crippen LogP contribution in [-0.2, 0) is 6.42 Å². The molecule has 0 amide bonds. The molecular formula is C16H24BrNO. The highest BCUT2D eigenvalue weighted by molar-refractivity contribution is 9.10. The van der Waals surface area contributed by atoms with Gasteiger partial charge < -0.3 is 10.1 Å². The molecule has 1 heterocycles. The van der Waals surface area contributed by atoms with Crippen molar-refractivity contribution >= 4 is 15.9 Å². The summed E-state index contributed by atoms with van der Waals surface area (Å²) in [7, 11) is 0. The van der Waals surface area contributed by atoms with Crippen molar-refractivity contribution in [1.29, 1.82) is 0 Å². The fourth-order valence-corrected chi connectivity index (χ4v) is 3.51. The van der Waals surface area contributed by atoms with E-state index in [4.69, 9.17) is 4.74 Å². The van der Waals surface area contributed by atoms with Crippen LogP contribution in [-0.4, -0.2) is 13.2 Å². The second-order valence-electron chi connectivity index (χ2n) is 5.38. The van der Waals surface area contributed by atoms with E-state index < -0.39 is 0 Å². The number of benzene rings is 1. The van der Waals surface area contributed by atoms with E-state index >= 15 is 0 Å². The summed E-state index contributed by atoms with van der Waals surface area (Å²) in [6, 6.07) is 4.80. The van der Waals surface area contributed by atoms with Gasteiger partial charge in [0.05, 0.1) is 6.61 Å². The molecule has 3 heteroatoms. The smallest absolute Gasteiger partial charge is 0.127 e. The fraction of sp³-hybridized carbons (Fsp3) is 0.625. The van der Waals surface area contributed by atoms with Gasteiger partial charge in [-0.2, -0.15) is 0 Å². The number of nitrogens with one attached hydrogen (secondary N) is 1. The average molecular weight is 326 g/mol. The lowest BCUT2D eigenvalue weighted by Gasteiger charge is -2.27. The summed E-state index contributed by atoms with van der Waals surface area (Å²) in [6.07, 6.45) is 3.49. The minimum Gasteiger partial charge on any atom is -0.493 e. The Labute approximate surface area is 125 Å². The monoisotopic (exact) mass is 325 g/mol. The normalized spacial score (nSPS) is 16.8. The summed E-state index contributed by atoms with van der Waals surface area (Å²) >= 11 is 3.64. The minimum absolute atomic E-state index is 0.384. The van der Waals surface area contributed by atoms with E-state index in [1.165, 1.54) is 28.4 Å². The third-order valence-corrected chi connectivity index (χ3v) is 4.31. The Balaban J connectivity index is 2.36. The van der Waals surface area contributed by atoms with Crippen molar-refractivity contribution in [3.8, 4) is 5.75 Å². The SMILES string of the molecule is CCCC(C)C(NCC)c1cc(Br)cc2c1OCC2. The lowest BCUT2D eigenvalue weighted by molar-refractivity contribution is 0.327. The number of fused-ring (bicyclic) bond motifs is 1. The zero-order chi connectivity index (χ0) is 13.8. The van der Waals surface area contributed by atoms with Gasteiger partial charge in [-0.15, -0.1) is 0 Å². The topological polar surface area (TPSA) is 21.3 Å². The molecule has 1 N–H and O–H groups in total. The van der Waals surface area contributed by atoms with Crippen molar-refractivity contribution in [3.63, 3.8) is 0 Å². The first kappa shape index (κ1) is 14.9. The van der Waals surface area contributed by atoms with Crippen LogP contribution in [0.2, 0.25) is 0 Å². The van der Waals surface area contributed by atoms with Crippen molar-refractivity contribution in [2.75, 3.05) is 13.2 Å². The Hall–Kier alpha value is -0.540. The number of rotatable bonds is 6. The molecule has 1 aromatic rings. The van der Waals surface area contributed by atoms with Gasteiger partial charge in [0.25, 0.3) is 0 Å². The number of hydrogen-bond donors (Lipinski definition) is 1. The Bertz CT molecular complexity index is 433. The van der Waals surface area contributed by atoms with Crippen LogP contribution >= 0.6 is 15.9 Å². The van der Waals surface area contributed by atoms with Gasteiger partial charge in [0.1, 0.15) is 5.75 Å². The minimum atomic E-state index is 0.384. The standard InChI is InChI=1S/C16H24BrNO/c1-4-6-11(3)15(18-5-2)14-10-13(17)9-12-7-8-19-16(12)14/h9-11,15,18H,4-8H2,1-3H3. The molecule has 0 bridgehead atoms. The maximum atomic E-state index is 5.88. The van der Waals surface area contributed by atoms with Crippen LogP contribution < -0.4 is 10.1 Å². The summed E-state index contributed by atoms with van der Waals surface area (Å²) < 4.78 is 7.04. The maximum absolute atomic E-state index is 5.88. The molecule has 1 aromatic carbocycles. The number of ether oxygens (including phenoxy) is 1. The van der Waals surface area contributed by atoms with Crippen LogP contribution in [0.3, 0.4) is 0 Å². The zero-order valence-corrected chi connectivity index (χ0v) is 13.7. The molecule has 106 valence electrons. The van der Waals surface area contributed by atoms with Crippen molar-refractivity contribution in [2.45, 2.75) is 46.1 Å². The van der Waals surface area contributed by atoms with Gasteiger partial charge in [-0.3, -0.25) is 0 Å². The lowest BCUT2D eigenvalue weighted by Crippen LogP contribution is -2.27. The fourth-order valence-electron chi connectivity index (χ4n) is 2.99. The molecule has 0 saturated carbocycles. The highest BCUT2D eigenvalue weighted by Gasteiger charge is 2.26. The van der Waals surface area contributed by atoms with Crippen molar-refractivity contribution in [1.82, 2.24) is 5.32 Å². The summed E-state index contributed by atoms with van der Waals surface area (Å²) in [6.45, 7) is 8.56. The zero-order valence-electron chi connectivity index (χ0n) is 12.1. The van der Waals surface area contributed by atoms with Gasteiger partial charge >= 0.3 is 0 Å². The summed E-state index contributed by atoms with van der Waals surface area (Å²) in [5.41, 5.74) is 2.67. The molecule has 0 aromatic heterocycles. The maximum Gasteiger partial charge on any atom is 0.127 e. The van der Waals surface area contributed by atoms with E-state index in [-0.39, 0.29) is 0 Å². The first-order valence-electron chi connectivity index (χ1n) is 7.35. The van der Waals surface area contributed by atoms with Gasteiger partial charge in [0, 0.05) is 22.5 Å². The van der Waals surface area contributed by atoms with Gasteiger partial charge in [0.15, 0.2) is 0 Å². The van der Waals surface area contributed by atoms with Crippen molar-refractivity contribution in [2.24, 2.45) is 5.92 Å². The third kappa shape index (κ3) is 3.32. The Morgan fingerprint density at radius 3 is 2.84 bits per heavy atom. The van der Waals surface area contributed by atoms with Crippen molar-refractivity contribution < 1.29 is 4.74 Å². The van der Waals surface area contributed by atoms with Crippen LogP contribution in [0, 0.1) is 5.92 Å². The van der Waals surface area contributed by atoms with E-state index in [0.717, 1.165) is 25.3 Å². The molecule has 0 spiro atoms. The van der Waals surface area contributed by atoms with E-state index in [2.05, 4.69) is 54.2 Å². The molecular weight excluding hydrogens is 302 g/mol. The quantitative estimate of drug-likeness (QED) is 0.833. The third-order valence-electron chi connectivity index (χ3n) is 3.85. The molecule has 2 rings (SSSR count). The number of hydrogen-bond acceptors (Lipinski definition) is 2. The second-order valence-corrected chi connectivity index (χ2v) is 6.30. The van der Waals surface area contributed by atoms with Gasteiger partial charge in [-0.1, -0.05) is 43.1 Å². The molecule has 0 aliphatic carbocycles. The van der Waals surface area contributed by atoms with E-state index in [1.807, 2.05) is 0 Å². The molecule has 0 fully saturated rings. The summed E-state index contributed by atoms with van der Waals surface area (Å²) in [4.78, 5) is 0. The molecule has 1 aliphatic heterocycles. The summed E-state index contributed by atoms with van der Waals surface area (Å²) in [5.74, 6) is 1.74. The second kappa shape index (κ2) is 6.76. The average Bonchev–Trinajstić information content (AvgIpc) is 2.83. The molecule has 2 unspecified atom stereocenters. The van der Waals surface area contributed by atoms with Gasteiger partial charge in [0.2, 0.25) is 0 Å². The largest absolute Gasteiger partial charge is 0.493 e. The summed E-state index contributed by atoms with van der Waals surface area (Å²) in [5, 5.41) is 3.64. The molecule has 2 nitrogen and oxygen atoms in total. The molecule has 2 atom stereocenters. The van der Waals surface area contributed by atoms with Crippen molar-refractivity contribution in [3.05, 3.63) is 27.7 Å². The van der Waals surface area contributed by atoms with Crippen LogP contribution in [0.15, 0.2) is 16.6 Å². The lowest BCUT2D eigenvalue weighted by atomic mass is 9.89. The van der Waals surface area contributed by atoms with Gasteiger partial charge in [-0.05, 0) is 36.6 Å². The van der Waals surface area contributed by atoms with Crippen LogP contribution in [0.4, 0.5) is 0 Å². The van der Waals surface area contributed by atoms with E-state index in [0.29, 0.717) is 12.0 Å². The van der Waals surface area contributed by atoms with Gasteiger partial charge in [-0.25, -0.2) is 0 Å². The molecule has 1 aliphatic rings. The predicted octanol–water partition coefficient (Wildman–Crippen LogP) is 4.47. The molecule has 19 heavy (non-hydrogen) atoms. The predicted molar refractivity (Wildman–Crippen MR) is 83.8 cm³/mol. The van der Waals surface area contributed by atoms with E-state index in [9.17, 15) is 0 Å². The van der Waals surface area contributed by atoms with E-state index in [1.54, 1.807) is 0 Å². The Kier molecular flexibility index (Phi) is 5.28. The first-order valence-corrected chi connectivity index (χ1v) is 8.15. The van der Waals surface area contributed by atoms with Crippen LogP contribution in [0.1, 0.15) is 50.8 Å². The highest BCUT2D eigenvalue weighted by Crippen LogP contribution is 2.39. The van der Waals surface area contributed by atoms with Crippen LogP contribution in [0.25, 0.3) is 0 Å². The number of halogens is 1.